The van der Waals surface area contributed by atoms with Gasteiger partial charge in [0, 0.05) is 18.0 Å². The van der Waals surface area contributed by atoms with Crippen LogP contribution in [0.5, 0.6) is 0 Å². The van der Waals surface area contributed by atoms with E-state index in [1.54, 1.807) is 6.92 Å². The zero-order valence-corrected chi connectivity index (χ0v) is 14.9. The van der Waals surface area contributed by atoms with Crippen molar-refractivity contribution in [2.45, 2.75) is 16.8 Å². The van der Waals surface area contributed by atoms with Gasteiger partial charge in [0.1, 0.15) is 5.82 Å². The molecule has 0 aliphatic heterocycles. The highest BCUT2D eigenvalue weighted by Crippen LogP contribution is 2.24. The van der Waals surface area contributed by atoms with Crippen molar-refractivity contribution in [3.63, 3.8) is 0 Å². The van der Waals surface area contributed by atoms with Gasteiger partial charge in [0.15, 0.2) is 10.9 Å². The SMILES string of the molecule is CCOC(=O)c1nnc(-c2cccc(F)c2)nc1S(=O)(=O)c1ccncc1. The zero-order valence-electron chi connectivity index (χ0n) is 14.0. The summed E-state index contributed by atoms with van der Waals surface area (Å²) in [5.74, 6) is -1.67. The maximum atomic E-state index is 13.5. The molecule has 0 radical (unpaired) electrons. The molecule has 0 bridgehead atoms. The lowest BCUT2D eigenvalue weighted by molar-refractivity contribution is 0.0511. The largest absolute Gasteiger partial charge is 0.461 e. The van der Waals surface area contributed by atoms with Gasteiger partial charge in [-0.05, 0) is 31.2 Å². The molecule has 10 heteroatoms. The van der Waals surface area contributed by atoms with Crippen molar-refractivity contribution in [3.8, 4) is 11.4 Å². The molecule has 0 unspecified atom stereocenters. The molecule has 0 atom stereocenters. The molecule has 0 spiro atoms. The van der Waals surface area contributed by atoms with E-state index in [4.69, 9.17) is 4.74 Å². The predicted molar refractivity (Wildman–Crippen MR) is 90.9 cm³/mol. The highest BCUT2D eigenvalue weighted by Gasteiger charge is 2.30. The van der Waals surface area contributed by atoms with Gasteiger partial charge in [-0.15, -0.1) is 10.2 Å². The van der Waals surface area contributed by atoms with Crippen LogP contribution in [-0.4, -0.2) is 41.2 Å². The average Bonchev–Trinajstić information content (AvgIpc) is 2.68. The van der Waals surface area contributed by atoms with E-state index >= 15 is 0 Å². The number of carbonyl (C=O) groups is 1. The van der Waals surface area contributed by atoms with E-state index in [1.807, 2.05) is 0 Å². The number of aromatic nitrogens is 4. The standard InChI is InChI=1S/C17H13FN4O4S/c1-2-26-17(23)14-16(27(24,25)13-6-8-19-9-7-13)20-15(22-21-14)11-4-3-5-12(18)10-11/h3-10H,2H2,1H3. The third-order valence-electron chi connectivity index (χ3n) is 3.42. The van der Waals surface area contributed by atoms with Crippen LogP contribution in [0, 0.1) is 5.82 Å². The second kappa shape index (κ2) is 7.54. The Kier molecular flexibility index (Phi) is 5.17. The normalized spacial score (nSPS) is 11.2. The number of ether oxygens (including phenoxy) is 1. The number of nitrogens with zero attached hydrogens (tertiary/aromatic N) is 4. The highest BCUT2D eigenvalue weighted by molar-refractivity contribution is 7.91. The van der Waals surface area contributed by atoms with Crippen LogP contribution in [-0.2, 0) is 14.6 Å². The van der Waals surface area contributed by atoms with Crippen LogP contribution in [0.25, 0.3) is 11.4 Å². The summed E-state index contributed by atoms with van der Waals surface area (Å²) in [6.07, 6.45) is 2.58. The Labute approximate surface area is 154 Å². The maximum absolute atomic E-state index is 13.5. The topological polar surface area (TPSA) is 112 Å². The van der Waals surface area contributed by atoms with Gasteiger partial charge in [-0.2, -0.15) is 0 Å². The van der Waals surface area contributed by atoms with Crippen LogP contribution in [0.1, 0.15) is 17.4 Å². The number of sulfone groups is 1. The molecule has 0 saturated heterocycles. The van der Waals surface area contributed by atoms with Crippen molar-refractivity contribution in [2.24, 2.45) is 0 Å². The minimum Gasteiger partial charge on any atom is -0.461 e. The molecular weight excluding hydrogens is 375 g/mol. The van der Waals surface area contributed by atoms with Gasteiger partial charge in [-0.1, -0.05) is 12.1 Å². The van der Waals surface area contributed by atoms with Crippen molar-refractivity contribution in [1.29, 1.82) is 0 Å². The first-order chi connectivity index (χ1) is 12.9. The molecule has 0 amide bonds. The monoisotopic (exact) mass is 388 g/mol. The summed E-state index contributed by atoms with van der Waals surface area (Å²) in [4.78, 5) is 19.8. The molecule has 0 fully saturated rings. The van der Waals surface area contributed by atoms with Crippen molar-refractivity contribution >= 4 is 15.8 Å². The first kappa shape index (κ1) is 18.5. The number of rotatable bonds is 5. The molecule has 27 heavy (non-hydrogen) atoms. The number of pyridine rings is 1. The van der Waals surface area contributed by atoms with E-state index in [0.29, 0.717) is 0 Å². The van der Waals surface area contributed by atoms with Gasteiger partial charge in [0.05, 0.1) is 11.5 Å². The Balaban J connectivity index is 2.22. The lowest BCUT2D eigenvalue weighted by Crippen LogP contribution is -2.18. The lowest BCUT2D eigenvalue weighted by atomic mass is 10.2. The van der Waals surface area contributed by atoms with Crippen molar-refractivity contribution < 1.29 is 22.3 Å². The van der Waals surface area contributed by atoms with Crippen molar-refractivity contribution in [2.75, 3.05) is 6.61 Å². The quantitative estimate of drug-likeness (QED) is 0.611. The van der Waals surface area contributed by atoms with Crippen molar-refractivity contribution in [3.05, 3.63) is 60.3 Å². The van der Waals surface area contributed by atoms with E-state index in [2.05, 4.69) is 20.2 Å². The Hall–Kier alpha value is -3.27. The summed E-state index contributed by atoms with van der Waals surface area (Å²) in [7, 11) is -4.22. The molecule has 3 aromatic rings. The average molecular weight is 388 g/mol. The molecule has 0 aliphatic rings. The molecule has 138 valence electrons. The lowest BCUT2D eigenvalue weighted by Gasteiger charge is -2.09. The predicted octanol–water partition coefficient (Wildman–Crippen LogP) is 2.08. The molecule has 0 saturated carbocycles. The van der Waals surface area contributed by atoms with Gasteiger partial charge in [0.2, 0.25) is 15.5 Å². The Bertz CT molecular complexity index is 1090. The van der Waals surface area contributed by atoms with E-state index in [1.165, 1.54) is 42.7 Å². The number of halogens is 1. The molecule has 2 heterocycles. The minimum atomic E-state index is -4.22. The first-order valence-corrected chi connectivity index (χ1v) is 9.24. The fourth-order valence-electron chi connectivity index (χ4n) is 2.21. The van der Waals surface area contributed by atoms with Gasteiger partial charge in [0.25, 0.3) is 0 Å². The molecular formula is C17H13FN4O4S. The third kappa shape index (κ3) is 3.80. The number of esters is 1. The summed E-state index contributed by atoms with van der Waals surface area (Å²) in [6, 6.07) is 7.78. The number of benzene rings is 1. The summed E-state index contributed by atoms with van der Waals surface area (Å²) < 4.78 is 44.3. The summed E-state index contributed by atoms with van der Waals surface area (Å²) in [6.45, 7) is 1.58. The fraction of sp³-hybridized carbons (Fsp3) is 0.118. The second-order valence-electron chi connectivity index (χ2n) is 5.21. The number of carbonyl (C=O) groups excluding carboxylic acids is 1. The van der Waals surface area contributed by atoms with E-state index in [-0.39, 0.29) is 22.9 Å². The van der Waals surface area contributed by atoms with Crippen LogP contribution in [0.3, 0.4) is 0 Å². The maximum Gasteiger partial charge on any atom is 0.361 e. The minimum absolute atomic E-state index is 0.0148. The van der Waals surface area contributed by atoms with Crippen LogP contribution in [0.15, 0.2) is 58.7 Å². The molecule has 3 rings (SSSR count). The Morgan fingerprint density at radius 1 is 1.15 bits per heavy atom. The summed E-state index contributed by atoms with van der Waals surface area (Å²) >= 11 is 0. The van der Waals surface area contributed by atoms with Crippen molar-refractivity contribution in [1.82, 2.24) is 20.2 Å². The van der Waals surface area contributed by atoms with Gasteiger partial charge < -0.3 is 4.74 Å². The smallest absolute Gasteiger partial charge is 0.361 e. The van der Waals surface area contributed by atoms with Crippen LogP contribution in [0.2, 0.25) is 0 Å². The summed E-state index contributed by atoms with van der Waals surface area (Å²) in [5.41, 5.74) is -0.335. The van der Waals surface area contributed by atoms with E-state index < -0.39 is 32.3 Å². The molecule has 0 aliphatic carbocycles. The van der Waals surface area contributed by atoms with Crippen LogP contribution in [0.4, 0.5) is 4.39 Å². The Morgan fingerprint density at radius 2 is 1.89 bits per heavy atom. The number of hydrogen-bond acceptors (Lipinski definition) is 8. The molecule has 2 aromatic heterocycles. The molecule has 1 aromatic carbocycles. The van der Waals surface area contributed by atoms with Gasteiger partial charge >= 0.3 is 5.97 Å². The Morgan fingerprint density at radius 3 is 2.56 bits per heavy atom. The van der Waals surface area contributed by atoms with E-state index in [9.17, 15) is 17.6 Å². The summed E-state index contributed by atoms with van der Waals surface area (Å²) in [5, 5.41) is 6.82. The van der Waals surface area contributed by atoms with E-state index in [0.717, 1.165) is 6.07 Å². The first-order valence-electron chi connectivity index (χ1n) is 7.76. The highest BCUT2D eigenvalue weighted by atomic mass is 32.2. The van der Waals surface area contributed by atoms with Crippen LogP contribution >= 0.6 is 0 Å². The molecule has 0 N–H and O–H groups in total. The second-order valence-corrected chi connectivity index (χ2v) is 7.07. The zero-order chi connectivity index (χ0) is 19.4. The molecule has 8 nitrogen and oxygen atoms in total. The fourth-order valence-corrected chi connectivity index (χ4v) is 3.49. The van der Waals surface area contributed by atoms with Gasteiger partial charge in [-0.3, -0.25) is 4.98 Å². The van der Waals surface area contributed by atoms with Gasteiger partial charge in [-0.25, -0.2) is 22.6 Å². The number of hydrogen-bond donors (Lipinski definition) is 0. The third-order valence-corrected chi connectivity index (χ3v) is 5.11. The van der Waals surface area contributed by atoms with Crippen LogP contribution < -0.4 is 0 Å².